The third-order valence-corrected chi connectivity index (χ3v) is 4.25. The maximum absolute atomic E-state index is 12.7. The molecule has 0 saturated carbocycles. The number of benzene rings is 1. The van der Waals surface area contributed by atoms with E-state index in [1.165, 1.54) is 29.5 Å². The van der Waals surface area contributed by atoms with Crippen molar-refractivity contribution in [2.24, 2.45) is 0 Å². The molecule has 0 bridgehead atoms. The van der Waals surface area contributed by atoms with Crippen LogP contribution in [0.2, 0.25) is 10.0 Å². The molecule has 22 heavy (non-hydrogen) atoms. The lowest BCUT2D eigenvalue weighted by molar-refractivity contribution is -0.141. The SMILES string of the molecule is O=C(c1ccc(Cl)c(Cl)c1)N(Cc1ccsc1)CC(F)(F)F. The first-order chi connectivity index (χ1) is 10.3. The van der Waals surface area contributed by atoms with Gasteiger partial charge in [-0.25, -0.2) is 0 Å². The Balaban J connectivity index is 2.26. The average Bonchev–Trinajstić information content (AvgIpc) is 2.92. The molecule has 0 saturated heterocycles. The van der Waals surface area contributed by atoms with Gasteiger partial charge in [0.15, 0.2) is 0 Å². The molecule has 1 aromatic heterocycles. The second kappa shape index (κ2) is 6.89. The number of rotatable bonds is 4. The van der Waals surface area contributed by atoms with Gasteiger partial charge in [-0.2, -0.15) is 24.5 Å². The maximum atomic E-state index is 12.7. The molecule has 2 rings (SSSR count). The predicted octanol–water partition coefficient (Wildman–Crippen LogP) is 5.26. The molecular weight excluding hydrogens is 358 g/mol. The molecule has 118 valence electrons. The van der Waals surface area contributed by atoms with Crippen LogP contribution < -0.4 is 0 Å². The number of hydrogen-bond donors (Lipinski definition) is 0. The van der Waals surface area contributed by atoms with Gasteiger partial charge in [-0.15, -0.1) is 0 Å². The van der Waals surface area contributed by atoms with Crippen LogP contribution >= 0.6 is 34.5 Å². The van der Waals surface area contributed by atoms with Gasteiger partial charge in [-0.05, 0) is 40.6 Å². The summed E-state index contributed by atoms with van der Waals surface area (Å²) >= 11 is 12.9. The summed E-state index contributed by atoms with van der Waals surface area (Å²) in [5, 5.41) is 3.80. The van der Waals surface area contributed by atoms with E-state index in [-0.39, 0.29) is 22.2 Å². The maximum Gasteiger partial charge on any atom is 0.406 e. The Morgan fingerprint density at radius 3 is 2.45 bits per heavy atom. The molecule has 0 atom stereocenters. The zero-order chi connectivity index (χ0) is 16.3. The predicted molar refractivity (Wildman–Crippen MR) is 81.6 cm³/mol. The summed E-state index contributed by atoms with van der Waals surface area (Å²) < 4.78 is 38.1. The molecule has 1 aromatic carbocycles. The van der Waals surface area contributed by atoms with E-state index in [9.17, 15) is 18.0 Å². The molecule has 0 unspecified atom stereocenters. The highest BCUT2D eigenvalue weighted by Gasteiger charge is 2.33. The van der Waals surface area contributed by atoms with E-state index < -0.39 is 18.6 Å². The number of hydrogen-bond acceptors (Lipinski definition) is 2. The summed E-state index contributed by atoms with van der Waals surface area (Å²) in [6.45, 7) is -1.45. The average molecular weight is 368 g/mol. The standard InChI is InChI=1S/C14H10Cl2F3NOS/c15-11-2-1-10(5-12(11)16)13(21)20(8-14(17,18)19)6-9-3-4-22-7-9/h1-5,7H,6,8H2. The first-order valence-corrected chi connectivity index (χ1v) is 7.78. The van der Waals surface area contributed by atoms with Crippen LogP contribution in [0.25, 0.3) is 0 Å². The van der Waals surface area contributed by atoms with E-state index in [1.54, 1.807) is 16.8 Å². The highest BCUT2D eigenvalue weighted by atomic mass is 35.5. The van der Waals surface area contributed by atoms with Crippen molar-refractivity contribution >= 4 is 40.4 Å². The monoisotopic (exact) mass is 367 g/mol. The van der Waals surface area contributed by atoms with Crippen LogP contribution in [-0.4, -0.2) is 23.5 Å². The Labute approximate surface area is 139 Å². The fraction of sp³-hybridized carbons (Fsp3) is 0.214. The minimum Gasteiger partial charge on any atom is -0.325 e. The van der Waals surface area contributed by atoms with Crippen LogP contribution in [0.3, 0.4) is 0 Å². The zero-order valence-electron chi connectivity index (χ0n) is 11.0. The Morgan fingerprint density at radius 2 is 1.91 bits per heavy atom. The van der Waals surface area contributed by atoms with E-state index in [0.717, 1.165) is 4.90 Å². The van der Waals surface area contributed by atoms with Crippen LogP contribution in [0.5, 0.6) is 0 Å². The Morgan fingerprint density at radius 1 is 1.18 bits per heavy atom. The van der Waals surface area contributed by atoms with Crippen LogP contribution in [-0.2, 0) is 6.54 Å². The van der Waals surface area contributed by atoms with Crippen molar-refractivity contribution < 1.29 is 18.0 Å². The lowest BCUT2D eigenvalue weighted by atomic mass is 10.2. The van der Waals surface area contributed by atoms with Crippen LogP contribution in [0.4, 0.5) is 13.2 Å². The molecule has 2 nitrogen and oxygen atoms in total. The molecule has 1 amide bonds. The minimum absolute atomic E-state index is 0.0638. The van der Waals surface area contributed by atoms with E-state index in [1.807, 2.05) is 0 Å². The second-order valence-corrected chi connectivity index (χ2v) is 6.13. The van der Waals surface area contributed by atoms with Crippen molar-refractivity contribution in [3.8, 4) is 0 Å². The van der Waals surface area contributed by atoms with Gasteiger partial charge < -0.3 is 4.90 Å². The lowest BCUT2D eigenvalue weighted by Crippen LogP contribution is -2.38. The zero-order valence-corrected chi connectivity index (χ0v) is 13.4. The molecule has 0 fully saturated rings. The van der Waals surface area contributed by atoms with E-state index in [4.69, 9.17) is 23.2 Å². The molecule has 0 aliphatic carbocycles. The molecule has 0 radical (unpaired) electrons. The normalized spacial score (nSPS) is 11.5. The first kappa shape index (κ1) is 17.1. The van der Waals surface area contributed by atoms with Gasteiger partial charge in [0.1, 0.15) is 6.54 Å². The first-order valence-electron chi connectivity index (χ1n) is 6.08. The van der Waals surface area contributed by atoms with E-state index >= 15 is 0 Å². The number of carbonyl (C=O) groups excluding carboxylic acids is 1. The van der Waals surface area contributed by atoms with Gasteiger partial charge in [-0.3, -0.25) is 4.79 Å². The summed E-state index contributed by atoms with van der Waals surface area (Å²) in [5.74, 6) is -0.748. The van der Waals surface area contributed by atoms with E-state index in [0.29, 0.717) is 5.56 Å². The molecule has 0 spiro atoms. The second-order valence-electron chi connectivity index (χ2n) is 4.54. The highest BCUT2D eigenvalue weighted by molar-refractivity contribution is 7.07. The van der Waals surface area contributed by atoms with Gasteiger partial charge in [0, 0.05) is 12.1 Å². The highest BCUT2D eigenvalue weighted by Crippen LogP contribution is 2.25. The largest absolute Gasteiger partial charge is 0.406 e. The summed E-state index contributed by atoms with van der Waals surface area (Å²) in [6, 6.07) is 5.68. The van der Waals surface area contributed by atoms with Gasteiger partial charge in [-0.1, -0.05) is 23.2 Å². The number of amides is 1. The number of halogens is 5. The molecular formula is C14H10Cl2F3NOS. The van der Waals surface area contributed by atoms with E-state index in [2.05, 4.69) is 0 Å². The summed E-state index contributed by atoms with van der Waals surface area (Å²) in [4.78, 5) is 13.1. The number of thiophene rings is 1. The van der Waals surface area contributed by atoms with Crippen molar-refractivity contribution in [2.45, 2.75) is 12.7 Å². The molecule has 8 heteroatoms. The van der Waals surface area contributed by atoms with Crippen molar-refractivity contribution in [1.29, 1.82) is 0 Å². The topological polar surface area (TPSA) is 20.3 Å². The number of carbonyl (C=O) groups is 1. The van der Waals surface area contributed by atoms with Crippen molar-refractivity contribution in [3.63, 3.8) is 0 Å². The van der Waals surface area contributed by atoms with Crippen molar-refractivity contribution in [1.82, 2.24) is 4.90 Å². The van der Waals surface area contributed by atoms with Crippen molar-refractivity contribution in [2.75, 3.05) is 6.54 Å². The van der Waals surface area contributed by atoms with Gasteiger partial charge >= 0.3 is 6.18 Å². The fourth-order valence-electron chi connectivity index (χ4n) is 1.83. The van der Waals surface area contributed by atoms with Gasteiger partial charge in [0.2, 0.25) is 0 Å². The van der Waals surface area contributed by atoms with Crippen LogP contribution in [0.15, 0.2) is 35.0 Å². The van der Waals surface area contributed by atoms with Gasteiger partial charge in [0.05, 0.1) is 10.0 Å². The molecule has 0 N–H and O–H groups in total. The minimum atomic E-state index is -4.48. The Kier molecular flexibility index (Phi) is 5.36. The van der Waals surface area contributed by atoms with Crippen LogP contribution in [0.1, 0.15) is 15.9 Å². The fourth-order valence-corrected chi connectivity index (χ4v) is 2.79. The summed E-state index contributed by atoms with van der Waals surface area (Å²) in [7, 11) is 0. The molecule has 2 aromatic rings. The Bertz CT molecular complexity index is 659. The number of alkyl halides is 3. The van der Waals surface area contributed by atoms with Crippen LogP contribution in [0, 0.1) is 0 Å². The third kappa shape index (κ3) is 4.63. The third-order valence-electron chi connectivity index (χ3n) is 2.78. The van der Waals surface area contributed by atoms with Gasteiger partial charge in [0.25, 0.3) is 5.91 Å². The quantitative estimate of drug-likeness (QED) is 0.721. The summed E-state index contributed by atoms with van der Waals surface area (Å²) in [6.07, 6.45) is -4.48. The molecule has 0 aliphatic rings. The summed E-state index contributed by atoms with van der Waals surface area (Å²) in [5.41, 5.74) is 0.705. The smallest absolute Gasteiger partial charge is 0.325 e. The number of nitrogens with zero attached hydrogens (tertiary/aromatic N) is 1. The van der Waals surface area contributed by atoms with Crippen molar-refractivity contribution in [3.05, 3.63) is 56.2 Å². The molecule has 0 aliphatic heterocycles. The Hall–Kier alpha value is -1.24. The molecule has 1 heterocycles. The lowest BCUT2D eigenvalue weighted by Gasteiger charge is -2.24.